The fourth-order valence-electron chi connectivity index (χ4n) is 3.48. The van der Waals surface area contributed by atoms with Gasteiger partial charge in [0.25, 0.3) is 0 Å². The fourth-order valence-corrected chi connectivity index (χ4v) is 4.49. The van der Waals surface area contributed by atoms with Gasteiger partial charge < -0.3 is 10.2 Å². The van der Waals surface area contributed by atoms with Gasteiger partial charge in [-0.05, 0) is 48.2 Å². The van der Waals surface area contributed by atoms with Crippen LogP contribution in [0.1, 0.15) is 50.5 Å². The molecule has 1 aliphatic rings. The van der Waals surface area contributed by atoms with Gasteiger partial charge in [-0.3, -0.25) is 4.79 Å². The first-order valence-corrected chi connectivity index (χ1v) is 10.4. The maximum Gasteiger partial charge on any atom is 0.229 e. The van der Waals surface area contributed by atoms with Crippen LogP contribution in [0.3, 0.4) is 0 Å². The highest BCUT2D eigenvalue weighted by Gasteiger charge is 2.27. The van der Waals surface area contributed by atoms with E-state index in [9.17, 15) is 4.79 Å². The van der Waals surface area contributed by atoms with E-state index in [2.05, 4.69) is 54.9 Å². The summed E-state index contributed by atoms with van der Waals surface area (Å²) < 4.78 is 1.42. The minimum absolute atomic E-state index is 0.0239. The van der Waals surface area contributed by atoms with Gasteiger partial charge in [0.05, 0.1) is 0 Å². The van der Waals surface area contributed by atoms with Crippen molar-refractivity contribution < 1.29 is 4.79 Å². The summed E-state index contributed by atoms with van der Waals surface area (Å²) in [4.78, 5) is 14.8. The van der Waals surface area contributed by atoms with Crippen LogP contribution in [0.4, 0.5) is 10.9 Å². The summed E-state index contributed by atoms with van der Waals surface area (Å²) >= 11 is 1.49. The summed E-state index contributed by atoms with van der Waals surface area (Å²) in [5, 5.41) is 28.7. The van der Waals surface area contributed by atoms with Crippen molar-refractivity contribution in [1.82, 2.24) is 35.5 Å². The molecule has 0 unspecified atom stereocenters. The zero-order valence-electron chi connectivity index (χ0n) is 15.9. The molecule has 4 heterocycles. The first kappa shape index (κ1) is 18.7. The Balaban J connectivity index is 1.33. The van der Waals surface area contributed by atoms with E-state index in [4.69, 9.17) is 0 Å². The third-order valence-corrected chi connectivity index (χ3v) is 6.25. The zero-order valence-corrected chi connectivity index (χ0v) is 16.8. The quantitative estimate of drug-likeness (QED) is 0.668. The van der Waals surface area contributed by atoms with Gasteiger partial charge in [-0.25, -0.2) is 0 Å². The molecule has 10 nitrogen and oxygen atoms in total. The maximum atomic E-state index is 12.6. The number of amides is 1. The molecule has 3 aromatic heterocycles. The van der Waals surface area contributed by atoms with Gasteiger partial charge in [0.1, 0.15) is 5.01 Å². The lowest BCUT2D eigenvalue weighted by Crippen LogP contribution is -2.38. The van der Waals surface area contributed by atoms with E-state index in [0.29, 0.717) is 16.7 Å². The topological polar surface area (TPSA) is 114 Å². The summed E-state index contributed by atoms with van der Waals surface area (Å²) in [6.45, 7) is 5.81. The first-order valence-electron chi connectivity index (χ1n) is 9.62. The Bertz CT molecular complexity index is 943. The molecule has 11 heteroatoms. The van der Waals surface area contributed by atoms with Crippen LogP contribution in [0.15, 0.2) is 12.1 Å². The number of nitrogens with zero attached hydrogens (tertiary/aromatic N) is 8. The minimum atomic E-state index is -0.0338. The average Bonchev–Trinajstić information content (AvgIpc) is 3.38. The molecule has 28 heavy (non-hydrogen) atoms. The number of rotatable bonds is 6. The number of carbonyl (C=O) groups is 1. The Morgan fingerprint density at radius 3 is 2.75 bits per heavy atom. The molecule has 1 fully saturated rings. The molecule has 3 aromatic rings. The van der Waals surface area contributed by atoms with Gasteiger partial charge in [0.2, 0.25) is 11.0 Å². The van der Waals surface area contributed by atoms with Crippen LogP contribution < -0.4 is 10.2 Å². The minimum Gasteiger partial charge on any atom is -0.355 e. The molecule has 1 N–H and O–H groups in total. The summed E-state index contributed by atoms with van der Waals surface area (Å²) in [6.07, 6.45) is 3.59. The van der Waals surface area contributed by atoms with E-state index in [-0.39, 0.29) is 11.8 Å². The van der Waals surface area contributed by atoms with Gasteiger partial charge in [0.15, 0.2) is 11.5 Å². The Labute approximate surface area is 166 Å². The maximum absolute atomic E-state index is 12.6. The molecule has 0 bridgehead atoms. The fraction of sp³-hybridized carbons (Fsp3) is 0.588. The summed E-state index contributed by atoms with van der Waals surface area (Å²) in [7, 11) is 0. The second kappa shape index (κ2) is 8.13. The molecule has 1 saturated heterocycles. The van der Waals surface area contributed by atoms with E-state index in [1.807, 2.05) is 12.1 Å². The van der Waals surface area contributed by atoms with Crippen LogP contribution in [0.5, 0.6) is 0 Å². The molecule has 4 rings (SSSR count). The van der Waals surface area contributed by atoms with Crippen LogP contribution in [-0.2, 0) is 4.79 Å². The monoisotopic (exact) mass is 401 g/mol. The number of aromatic nitrogens is 7. The number of hydrogen-bond donors (Lipinski definition) is 1. The summed E-state index contributed by atoms with van der Waals surface area (Å²) in [6, 6.07) is 3.75. The number of carbonyl (C=O) groups excluding carboxylic acids is 1. The third-order valence-electron chi connectivity index (χ3n) is 5.25. The Morgan fingerprint density at radius 2 is 2.00 bits per heavy atom. The lowest BCUT2D eigenvalue weighted by molar-refractivity contribution is -0.120. The smallest absolute Gasteiger partial charge is 0.229 e. The lowest BCUT2D eigenvalue weighted by Gasteiger charge is -2.31. The van der Waals surface area contributed by atoms with Crippen molar-refractivity contribution in [3.63, 3.8) is 0 Å². The molecule has 1 aliphatic heterocycles. The van der Waals surface area contributed by atoms with Gasteiger partial charge in [0, 0.05) is 24.9 Å². The van der Waals surface area contributed by atoms with Crippen LogP contribution in [0.2, 0.25) is 0 Å². The van der Waals surface area contributed by atoms with Gasteiger partial charge >= 0.3 is 0 Å². The molecule has 148 valence electrons. The highest BCUT2D eigenvalue weighted by molar-refractivity contribution is 7.15. The number of tetrazole rings is 1. The number of anilines is 2. The van der Waals surface area contributed by atoms with E-state index >= 15 is 0 Å². The molecular weight excluding hydrogens is 378 g/mol. The molecule has 1 amide bonds. The van der Waals surface area contributed by atoms with Crippen molar-refractivity contribution in [2.24, 2.45) is 5.92 Å². The number of hydrogen-bond acceptors (Lipinski definition) is 9. The van der Waals surface area contributed by atoms with Crippen LogP contribution >= 0.6 is 11.3 Å². The predicted molar refractivity (Wildman–Crippen MR) is 105 cm³/mol. The van der Waals surface area contributed by atoms with Gasteiger partial charge in [-0.2, -0.15) is 0 Å². The van der Waals surface area contributed by atoms with Crippen LogP contribution in [-0.4, -0.2) is 54.4 Å². The van der Waals surface area contributed by atoms with E-state index in [0.717, 1.165) is 49.6 Å². The summed E-state index contributed by atoms with van der Waals surface area (Å²) in [5.41, 5.74) is 0.614. The molecule has 0 atom stereocenters. The van der Waals surface area contributed by atoms with Gasteiger partial charge in [-0.15, -0.1) is 25.0 Å². The van der Waals surface area contributed by atoms with Crippen LogP contribution in [0, 0.1) is 5.92 Å². The largest absolute Gasteiger partial charge is 0.355 e. The summed E-state index contributed by atoms with van der Waals surface area (Å²) in [5.74, 6) is 1.22. The molecular formula is C17H23N9OS. The van der Waals surface area contributed by atoms with Crippen molar-refractivity contribution in [2.75, 3.05) is 23.3 Å². The average molecular weight is 402 g/mol. The lowest BCUT2D eigenvalue weighted by atomic mass is 9.96. The predicted octanol–water partition coefficient (Wildman–Crippen LogP) is 2.13. The first-order chi connectivity index (χ1) is 13.7. The van der Waals surface area contributed by atoms with E-state index in [1.54, 1.807) is 0 Å². The third kappa shape index (κ3) is 3.79. The van der Waals surface area contributed by atoms with Gasteiger partial charge in [-0.1, -0.05) is 25.2 Å². The van der Waals surface area contributed by atoms with Crippen molar-refractivity contribution >= 4 is 33.8 Å². The SMILES string of the molecule is CCC(CC)c1nnc(NC(=O)C2CCN(c3ccc4nnnn4n3)CC2)s1. The highest BCUT2D eigenvalue weighted by Crippen LogP contribution is 2.29. The molecule has 0 spiro atoms. The highest BCUT2D eigenvalue weighted by atomic mass is 32.1. The number of nitrogens with one attached hydrogen (secondary N) is 1. The normalized spacial score (nSPS) is 15.5. The second-order valence-corrected chi connectivity index (χ2v) is 7.94. The standard InChI is InChI=1S/C17H23N9OS/c1-3-11(4-2)16-20-21-17(28-16)18-15(27)12-7-9-25(10-8-12)14-6-5-13-19-23-24-26(13)22-14/h5-6,11-12H,3-4,7-10H2,1-2H3,(H,18,21,27). The van der Waals surface area contributed by atoms with Crippen molar-refractivity contribution in [3.05, 3.63) is 17.1 Å². The molecule has 0 saturated carbocycles. The van der Waals surface area contributed by atoms with E-state index in [1.165, 1.54) is 16.0 Å². The second-order valence-electron chi connectivity index (χ2n) is 6.93. The number of fused-ring (bicyclic) bond motifs is 1. The molecule has 0 aromatic carbocycles. The van der Waals surface area contributed by atoms with Crippen molar-refractivity contribution in [3.8, 4) is 0 Å². The van der Waals surface area contributed by atoms with E-state index < -0.39 is 0 Å². The Morgan fingerprint density at radius 1 is 1.21 bits per heavy atom. The van der Waals surface area contributed by atoms with Crippen molar-refractivity contribution in [1.29, 1.82) is 0 Å². The van der Waals surface area contributed by atoms with Crippen LogP contribution in [0.25, 0.3) is 5.65 Å². The zero-order chi connectivity index (χ0) is 19.5. The molecule has 0 aliphatic carbocycles. The Hall–Kier alpha value is -2.69. The molecule has 0 radical (unpaired) electrons. The Kier molecular flexibility index (Phi) is 5.42. The number of piperidine rings is 1. The van der Waals surface area contributed by atoms with Crippen molar-refractivity contribution in [2.45, 2.75) is 45.4 Å².